The first-order valence-electron chi connectivity index (χ1n) is 4.67. The molecule has 19 heavy (non-hydrogen) atoms. The smallest absolute Gasteiger partial charge is 0.386 e. The molecule has 4 nitrogen and oxygen atoms in total. The third kappa shape index (κ3) is 2.28. The predicted octanol–water partition coefficient (Wildman–Crippen LogP) is 2.33. The Bertz CT molecular complexity index is 493. The van der Waals surface area contributed by atoms with Crippen LogP contribution in [-0.4, -0.2) is 33.9 Å². The van der Waals surface area contributed by atoms with E-state index in [4.69, 9.17) is 5.11 Å². The molecule has 1 N–H and O–H groups in total. The van der Waals surface area contributed by atoms with Crippen LogP contribution in [0.5, 0.6) is 0 Å². The summed E-state index contributed by atoms with van der Waals surface area (Å²) >= 11 is 0. The zero-order valence-electron chi connectivity index (χ0n) is 8.99. The third-order valence-corrected chi connectivity index (χ3v) is 2.25. The number of carbonyl (C=O) groups is 2. The molecule has 0 aliphatic carbocycles. The standard InChI is InChI=1S/C10H6F5NO3/c11-9(12,10(13,8(18)19)16(14)15)7(17)6-4-2-1-3-5-6/h1-5H,(H,18,19)/t10-/m1/s1. The van der Waals surface area contributed by atoms with Crippen LogP contribution in [0.4, 0.5) is 22.1 Å². The molecule has 1 atom stereocenters. The number of carboxylic acid groups (broad SMARTS) is 1. The lowest BCUT2D eigenvalue weighted by molar-refractivity contribution is -0.322. The van der Waals surface area contributed by atoms with E-state index in [0.29, 0.717) is 0 Å². The van der Waals surface area contributed by atoms with Crippen LogP contribution in [0.25, 0.3) is 0 Å². The van der Waals surface area contributed by atoms with E-state index < -0.39 is 34.4 Å². The minimum absolute atomic E-state index is 0.794. The lowest BCUT2D eigenvalue weighted by Crippen LogP contribution is -2.61. The first-order valence-corrected chi connectivity index (χ1v) is 4.67. The van der Waals surface area contributed by atoms with Gasteiger partial charge in [0.1, 0.15) is 0 Å². The number of carboxylic acids is 1. The number of hydrogen-bond donors (Lipinski definition) is 1. The van der Waals surface area contributed by atoms with Crippen LogP contribution in [0.1, 0.15) is 10.4 Å². The van der Waals surface area contributed by atoms with Crippen molar-refractivity contribution in [1.82, 2.24) is 5.34 Å². The second-order valence-corrected chi connectivity index (χ2v) is 3.43. The molecule has 0 spiro atoms. The van der Waals surface area contributed by atoms with Gasteiger partial charge in [0.05, 0.1) is 5.34 Å². The Balaban J connectivity index is 3.30. The number of nitrogens with zero attached hydrogens (tertiary/aromatic N) is 1. The monoisotopic (exact) mass is 283 g/mol. The summed E-state index contributed by atoms with van der Waals surface area (Å²) in [7, 11) is 0. The summed E-state index contributed by atoms with van der Waals surface area (Å²) in [5, 5.41) is 5.37. The van der Waals surface area contributed by atoms with Crippen molar-refractivity contribution in [1.29, 1.82) is 0 Å². The van der Waals surface area contributed by atoms with Crippen LogP contribution in [-0.2, 0) is 4.79 Å². The summed E-state index contributed by atoms with van der Waals surface area (Å²) < 4.78 is 64.5. The Morgan fingerprint density at radius 2 is 1.53 bits per heavy atom. The van der Waals surface area contributed by atoms with E-state index in [0.717, 1.165) is 24.3 Å². The Kier molecular flexibility index (Phi) is 3.89. The van der Waals surface area contributed by atoms with E-state index in [1.54, 1.807) is 0 Å². The first kappa shape index (κ1) is 15.0. The molecule has 0 unspecified atom stereocenters. The highest BCUT2D eigenvalue weighted by molar-refractivity contribution is 6.05. The zero-order valence-corrected chi connectivity index (χ0v) is 8.99. The van der Waals surface area contributed by atoms with Crippen molar-refractivity contribution in [3.05, 3.63) is 35.9 Å². The molecule has 0 bridgehead atoms. The Morgan fingerprint density at radius 3 is 1.89 bits per heavy atom. The zero-order chi connectivity index (χ0) is 14.8. The van der Waals surface area contributed by atoms with E-state index >= 15 is 0 Å². The van der Waals surface area contributed by atoms with Gasteiger partial charge in [-0.1, -0.05) is 39.3 Å². The van der Waals surface area contributed by atoms with Gasteiger partial charge in [0.25, 0.3) is 0 Å². The van der Waals surface area contributed by atoms with Crippen LogP contribution < -0.4 is 0 Å². The van der Waals surface area contributed by atoms with Crippen LogP contribution >= 0.6 is 0 Å². The molecular formula is C10H6F5NO3. The summed E-state index contributed by atoms with van der Waals surface area (Å²) in [6, 6.07) is 5.24. The molecule has 1 rings (SSSR count). The average Bonchev–Trinajstić information content (AvgIpc) is 2.36. The fourth-order valence-corrected chi connectivity index (χ4v) is 1.23. The third-order valence-electron chi connectivity index (χ3n) is 2.25. The fraction of sp³-hybridized carbons (Fsp3) is 0.200. The number of benzene rings is 1. The minimum Gasteiger partial charge on any atom is -0.478 e. The van der Waals surface area contributed by atoms with Crippen molar-refractivity contribution in [2.24, 2.45) is 0 Å². The van der Waals surface area contributed by atoms with Crippen LogP contribution in [0.3, 0.4) is 0 Å². The van der Waals surface area contributed by atoms with E-state index in [1.807, 2.05) is 0 Å². The Hall–Kier alpha value is -2.03. The number of Topliss-reactive ketones (excluding diaryl/α,β-unsaturated/α-hetero) is 1. The molecule has 0 radical (unpaired) electrons. The predicted molar refractivity (Wildman–Crippen MR) is 51.2 cm³/mol. The maximum atomic E-state index is 13.4. The Labute approximate surface area is 102 Å². The number of ketones is 1. The quantitative estimate of drug-likeness (QED) is 0.390. The molecule has 9 heteroatoms. The fourth-order valence-electron chi connectivity index (χ4n) is 1.23. The van der Waals surface area contributed by atoms with Gasteiger partial charge in [-0.3, -0.25) is 4.79 Å². The highest BCUT2D eigenvalue weighted by atomic mass is 19.4. The van der Waals surface area contributed by atoms with Crippen molar-refractivity contribution in [2.75, 3.05) is 0 Å². The number of carbonyl (C=O) groups excluding carboxylic acids is 1. The van der Waals surface area contributed by atoms with Gasteiger partial charge in [0.2, 0.25) is 5.78 Å². The lowest BCUT2D eigenvalue weighted by Gasteiger charge is -2.27. The average molecular weight is 283 g/mol. The van der Waals surface area contributed by atoms with Crippen molar-refractivity contribution >= 4 is 11.8 Å². The normalized spacial score (nSPS) is 15.1. The minimum atomic E-state index is -5.47. The highest BCUT2D eigenvalue weighted by Gasteiger charge is 2.71. The van der Waals surface area contributed by atoms with Crippen LogP contribution in [0.15, 0.2) is 30.3 Å². The van der Waals surface area contributed by atoms with Gasteiger partial charge >= 0.3 is 17.7 Å². The summed E-state index contributed by atoms with van der Waals surface area (Å²) in [6.45, 7) is 0. The van der Waals surface area contributed by atoms with E-state index in [2.05, 4.69) is 0 Å². The molecule has 1 aromatic carbocycles. The summed E-state index contributed by atoms with van der Waals surface area (Å²) in [5.74, 6) is -16.5. The van der Waals surface area contributed by atoms with Gasteiger partial charge in [0.15, 0.2) is 0 Å². The summed E-state index contributed by atoms with van der Waals surface area (Å²) in [4.78, 5) is 21.6. The van der Waals surface area contributed by atoms with E-state index in [1.165, 1.54) is 6.07 Å². The molecule has 0 aliphatic rings. The second kappa shape index (κ2) is 4.92. The molecule has 1 aromatic rings. The molecular weight excluding hydrogens is 277 g/mol. The lowest BCUT2D eigenvalue weighted by atomic mass is 9.98. The van der Waals surface area contributed by atoms with Crippen LogP contribution in [0.2, 0.25) is 0 Å². The molecule has 0 saturated heterocycles. The first-order chi connectivity index (χ1) is 8.65. The number of hydrogen-bond acceptors (Lipinski definition) is 3. The molecule has 0 aromatic heterocycles. The van der Waals surface area contributed by atoms with Crippen molar-refractivity contribution in [3.63, 3.8) is 0 Å². The summed E-state index contributed by atoms with van der Waals surface area (Å²) in [5.41, 5.74) is -0.794. The van der Waals surface area contributed by atoms with Gasteiger partial charge in [-0.15, -0.1) is 0 Å². The molecule has 104 valence electrons. The molecule has 0 aliphatic heterocycles. The van der Waals surface area contributed by atoms with E-state index in [9.17, 15) is 31.7 Å². The van der Waals surface area contributed by atoms with Gasteiger partial charge in [-0.25, -0.2) is 9.18 Å². The van der Waals surface area contributed by atoms with Gasteiger partial charge in [-0.2, -0.15) is 8.78 Å². The van der Waals surface area contributed by atoms with Gasteiger partial charge < -0.3 is 5.11 Å². The molecule has 0 saturated carbocycles. The van der Waals surface area contributed by atoms with Crippen molar-refractivity contribution in [3.8, 4) is 0 Å². The van der Waals surface area contributed by atoms with Crippen molar-refractivity contribution < 1.29 is 36.8 Å². The maximum absolute atomic E-state index is 13.4. The highest BCUT2D eigenvalue weighted by Crippen LogP contribution is 2.39. The van der Waals surface area contributed by atoms with Crippen LogP contribution in [0, 0.1) is 0 Å². The Morgan fingerprint density at radius 1 is 1.05 bits per heavy atom. The molecule has 0 amide bonds. The maximum Gasteiger partial charge on any atom is 0.386 e. The number of alkyl halides is 3. The summed E-state index contributed by atoms with van der Waals surface area (Å²) in [6.07, 6.45) is 0. The van der Waals surface area contributed by atoms with Crippen molar-refractivity contribution in [2.45, 2.75) is 11.7 Å². The molecule has 0 heterocycles. The largest absolute Gasteiger partial charge is 0.478 e. The van der Waals surface area contributed by atoms with Gasteiger partial charge in [-0.05, 0) is 0 Å². The number of rotatable bonds is 5. The topological polar surface area (TPSA) is 57.6 Å². The second-order valence-electron chi connectivity index (χ2n) is 3.43. The number of aliphatic carboxylic acids is 1. The molecule has 0 fully saturated rings. The SMILES string of the molecule is O=C(c1ccccc1)C(F)(F)[C@@](F)(C(=O)O)N(F)F. The van der Waals surface area contributed by atoms with E-state index in [-0.39, 0.29) is 0 Å². The van der Waals surface area contributed by atoms with Gasteiger partial charge in [0, 0.05) is 5.56 Å². The number of halogens is 5.